The summed E-state index contributed by atoms with van der Waals surface area (Å²) in [5, 5.41) is 20.2. The van der Waals surface area contributed by atoms with E-state index in [-0.39, 0.29) is 22.3 Å². The normalized spacial score (nSPS) is 11.0. The molecule has 0 fully saturated rings. The molecular formula is C15H9Cl2NO3. The zero-order valence-electron chi connectivity index (χ0n) is 10.5. The first kappa shape index (κ1) is 13.8. The number of rotatable bonds is 1. The maximum Gasteiger partial charge on any atom is 0.200 e. The third kappa shape index (κ3) is 2.33. The van der Waals surface area contributed by atoms with E-state index in [1.807, 2.05) is 0 Å². The Labute approximate surface area is 129 Å². The Hall–Kier alpha value is -2.17. The number of aromatic nitrogens is 1. The number of pyridine rings is 1. The number of aromatic amines is 1. The van der Waals surface area contributed by atoms with Crippen molar-refractivity contribution < 1.29 is 10.2 Å². The van der Waals surface area contributed by atoms with Crippen LogP contribution in [0.3, 0.4) is 0 Å². The van der Waals surface area contributed by atoms with E-state index < -0.39 is 0 Å². The molecule has 21 heavy (non-hydrogen) atoms. The number of aromatic hydroxyl groups is 2. The number of phenolic OH excluding ortho intramolecular Hbond substituents is 2. The van der Waals surface area contributed by atoms with Crippen molar-refractivity contribution in [3.05, 3.63) is 56.8 Å². The Bertz CT molecular complexity index is 919. The number of hydrogen-bond donors (Lipinski definition) is 3. The summed E-state index contributed by atoms with van der Waals surface area (Å²) < 4.78 is 0. The molecular weight excluding hydrogens is 313 g/mol. The van der Waals surface area contributed by atoms with Crippen molar-refractivity contribution in [2.45, 2.75) is 0 Å². The van der Waals surface area contributed by atoms with Gasteiger partial charge in [0.15, 0.2) is 0 Å². The first-order valence-corrected chi connectivity index (χ1v) is 6.76. The van der Waals surface area contributed by atoms with E-state index in [1.54, 1.807) is 18.2 Å². The molecule has 1 heterocycles. The first-order valence-electron chi connectivity index (χ1n) is 6.00. The molecule has 3 rings (SSSR count). The summed E-state index contributed by atoms with van der Waals surface area (Å²) in [6, 6.07) is 7.34. The first-order chi connectivity index (χ1) is 9.97. The van der Waals surface area contributed by atoms with Crippen molar-refractivity contribution in [2.75, 3.05) is 0 Å². The average Bonchev–Trinajstić information content (AvgIpc) is 2.41. The average molecular weight is 322 g/mol. The monoisotopic (exact) mass is 321 g/mol. The molecule has 2 aromatic carbocycles. The fourth-order valence-corrected chi connectivity index (χ4v) is 2.49. The van der Waals surface area contributed by atoms with Crippen LogP contribution in [0.5, 0.6) is 11.5 Å². The van der Waals surface area contributed by atoms with Gasteiger partial charge in [-0.05, 0) is 17.7 Å². The van der Waals surface area contributed by atoms with Gasteiger partial charge in [0.25, 0.3) is 0 Å². The lowest BCUT2D eigenvalue weighted by Crippen LogP contribution is -2.06. The molecule has 0 spiro atoms. The Balaban J connectivity index is 2.32. The van der Waals surface area contributed by atoms with E-state index in [9.17, 15) is 15.0 Å². The van der Waals surface area contributed by atoms with E-state index in [1.165, 1.54) is 12.3 Å². The Morgan fingerprint density at radius 1 is 1.00 bits per heavy atom. The van der Waals surface area contributed by atoms with Gasteiger partial charge in [0, 0.05) is 23.9 Å². The minimum atomic E-state index is -0.361. The maximum atomic E-state index is 12.5. The zero-order chi connectivity index (χ0) is 15.1. The molecule has 1 aromatic heterocycles. The Morgan fingerprint density at radius 3 is 2.48 bits per heavy atom. The highest BCUT2D eigenvalue weighted by Gasteiger charge is 2.13. The molecule has 3 N–H and O–H groups in total. The number of nitrogens with one attached hydrogen (secondary N) is 1. The molecule has 0 amide bonds. The van der Waals surface area contributed by atoms with Gasteiger partial charge in [0.1, 0.15) is 11.5 Å². The highest BCUT2D eigenvalue weighted by atomic mass is 35.5. The van der Waals surface area contributed by atoms with Crippen molar-refractivity contribution in [3.63, 3.8) is 0 Å². The number of hydrogen-bond acceptors (Lipinski definition) is 3. The molecule has 0 unspecified atom stereocenters. The number of H-pyrrole nitrogens is 1. The van der Waals surface area contributed by atoms with Crippen LogP contribution < -0.4 is 5.43 Å². The largest absolute Gasteiger partial charge is 0.508 e. The number of benzene rings is 2. The summed E-state index contributed by atoms with van der Waals surface area (Å²) in [6.07, 6.45) is 1.50. The van der Waals surface area contributed by atoms with Crippen molar-refractivity contribution in [2.24, 2.45) is 0 Å². The fraction of sp³-hybridized carbons (Fsp3) is 0. The maximum absolute atomic E-state index is 12.5. The molecule has 4 nitrogen and oxygen atoms in total. The molecule has 6 heteroatoms. The highest BCUT2D eigenvalue weighted by Crippen LogP contribution is 2.30. The van der Waals surface area contributed by atoms with Gasteiger partial charge in [-0.25, -0.2) is 0 Å². The molecule has 106 valence electrons. The van der Waals surface area contributed by atoms with E-state index in [2.05, 4.69) is 4.98 Å². The van der Waals surface area contributed by atoms with Crippen molar-refractivity contribution in [3.8, 4) is 22.6 Å². The standard InChI is InChI=1S/C15H9Cl2NO3/c16-10-2-1-7(3-11(10)17)9-6-18-12-4-8(19)5-13(20)14(12)15(9)21/h1-6,19-20H,(H,18,21). The minimum Gasteiger partial charge on any atom is -0.508 e. The number of fused-ring (bicyclic) bond motifs is 1. The van der Waals surface area contributed by atoms with Crippen LogP contribution in [0.4, 0.5) is 0 Å². The van der Waals surface area contributed by atoms with Crippen LogP contribution in [0.1, 0.15) is 0 Å². The van der Waals surface area contributed by atoms with Crippen LogP contribution in [0.15, 0.2) is 41.3 Å². The Morgan fingerprint density at radius 2 is 1.76 bits per heavy atom. The fourth-order valence-electron chi connectivity index (χ4n) is 2.19. The van der Waals surface area contributed by atoms with Gasteiger partial charge < -0.3 is 15.2 Å². The predicted molar refractivity (Wildman–Crippen MR) is 83.4 cm³/mol. The second-order valence-corrected chi connectivity index (χ2v) is 5.36. The van der Waals surface area contributed by atoms with E-state index >= 15 is 0 Å². The van der Waals surface area contributed by atoms with Gasteiger partial charge in [-0.3, -0.25) is 4.79 Å². The summed E-state index contributed by atoms with van der Waals surface area (Å²) in [7, 11) is 0. The van der Waals surface area contributed by atoms with Crippen molar-refractivity contribution in [1.29, 1.82) is 0 Å². The van der Waals surface area contributed by atoms with E-state index in [0.717, 1.165) is 6.07 Å². The van der Waals surface area contributed by atoms with Gasteiger partial charge >= 0.3 is 0 Å². The van der Waals surface area contributed by atoms with Crippen molar-refractivity contribution in [1.82, 2.24) is 4.98 Å². The lowest BCUT2D eigenvalue weighted by Gasteiger charge is -2.07. The van der Waals surface area contributed by atoms with Gasteiger partial charge in [-0.15, -0.1) is 0 Å². The predicted octanol–water partition coefficient (Wildman–Crippen LogP) is 3.91. The molecule has 0 aliphatic heterocycles. The summed E-state index contributed by atoms with van der Waals surface area (Å²) in [6.45, 7) is 0. The lowest BCUT2D eigenvalue weighted by atomic mass is 10.0. The number of phenols is 2. The van der Waals surface area contributed by atoms with Crippen LogP contribution in [0, 0.1) is 0 Å². The molecule has 0 bridgehead atoms. The summed E-state index contributed by atoms with van der Waals surface area (Å²) in [4.78, 5) is 15.4. The smallest absolute Gasteiger partial charge is 0.200 e. The molecule has 0 atom stereocenters. The van der Waals surface area contributed by atoms with Gasteiger partial charge in [0.2, 0.25) is 5.43 Å². The van der Waals surface area contributed by atoms with Gasteiger partial charge in [-0.2, -0.15) is 0 Å². The summed E-state index contributed by atoms with van der Waals surface area (Å²) in [5.74, 6) is -0.411. The van der Waals surface area contributed by atoms with E-state index in [0.29, 0.717) is 26.7 Å². The highest BCUT2D eigenvalue weighted by molar-refractivity contribution is 6.42. The molecule has 0 aliphatic rings. The SMILES string of the molecule is O=c1c(-c2ccc(Cl)c(Cl)c2)c[nH]c2cc(O)cc(O)c12. The molecule has 0 aliphatic carbocycles. The minimum absolute atomic E-state index is 0.108. The zero-order valence-corrected chi connectivity index (χ0v) is 12.0. The molecule has 0 saturated heterocycles. The summed E-state index contributed by atoms with van der Waals surface area (Å²) in [5.41, 5.74) is 0.919. The molecule has 3 aromatic rings. The van der Waals surface area contributed by atoms with Crippen LogP contribution in [-0.2, 0) is 0 Å². The topological polar surface area (TPSA) is 73.3 Å². The number of halogens is 2. The third-order valence-electron chi connectivity index (χ3n) is 3.18. The summed E-state index contributed by atoms with van der Waals surface area (Å²) >= 11 is 11.8. The van der Waals surface area contributed by atoms with Gasteiger partial charge in [-0.1, -0.05) is 29.3 Å². The molecule has 0 saturated carbocycles. The lowest BCUT2D eigenvalue weighted by molar-refractivity contribution is 0.455. The van der Waals surface area contributed by atoms with Crippen LogP contribution in [0.2, 0.25) is 10.0 Å². The second kappa shape index (κ2) is 4.98. The van der Waals surface area contributed by atoms with Crippen molar-refractivity contribution >= 4 is 34.1 Å². The third-order valence-corrected chi connectivity index (χ3v) is 3.92. The van der Waals surface area contributed by atoms with Gasteiger partial charge in [0.05, 0.1) is 20.9 Å². The quantitative estimate of drug-likeness (QED) is 0.636. The van der Waals surface area contributed by atoms with Crippen LogP contribution >= 0.6 is 23.2 Å². The second-order valence-electron chi connectivity index (χ2n) is 4.55. The van der Waals surface area contributed by atoms with Crippen LogP contribution in [-0.4, -0.2) is 15.2 Å². The Kier molecular flexibility index (Phi) is 3.27. The van der Waals surface area contributed by atoms with E-state index in [4.69, 9.17) is 23.2 Å². The molecule has 0 radical (unpaired) electrons. The van der Waals surface area contributed by atoms with Crippen LogP contribution in [0.25, 0.3) is 22.0 Å².